The van der Waals surface area contributed by atoms with Crippen LogP contribution in [-0.4, -0.2) is 20.9 Å². The summed E-state index contributed by atoms with van der Waals surface area (Å²) in [6.07, 6.45) is 1.64. The summed E-state index contributed by atoms with van der Waals surface area (Å²) in [5, 5.41) is 14.2. The van der Waals surface area contributed by atoms with Gasteiger partial charge >= 0.3 is 5.97 Å². The number of hydrogen-bond donors (Lipinski definition) is 1. The molecule has 19 heavy (non-hydrogen) atoms. The summed E-state index contributed by atoms with van der Waals surface area (Å²) in [6.45, 7) is 0. The van der Waals surface area contributed by atoms with Crippen LogP contribution in [0.5, 0.6) is 0 Å². The van der Waals surface area contributed by atoms with Gasteiger partial charge in [0, 0.05) is 5.39 Å². The van der Waals surface area contributed by atoms with Gasteiger partial charge in [-0.15, -0.1) is 0 Å². The summed E-state index contributed by atoms with van der Waals surface area (Å²) >= 11 is 0. The van der Waals surface area contributed by atoms with Crippen LogP contribution in [0.3, 0.4) is 0 Å². The van der Waals surface area contributed by atoms with Gasteiger partial charge in [0.2, 0.25) is 0 Å². The summed E-state index contributed by atoms with van der Waals surface area (Å²) in [4.78, 5) is 11.2. The average Bonchev–Trinajstić information content (AvgIpc) is 2.82. The van der Waals surface area contributed by atoms with E-state index in [2.05, 4.69) is 5.10 Å². The van der Waals surface area contributed by atoms with E-state index in [1.54, 1.807) is 6.20 Å². The lowest BCUT2D eigenvalue weighted by Gasteiger charge is -2.07. The number of carbonyl (C=O) groups is 1. The predicted octanol–water partition coefficient (Wildman–Crippen LogP) is 2.86. The second-order valence-electron chi connectivity index (χ2n) is 4.08. The standard InChI is InChI=1S/C14H9FN2O2/c15-10-5-6-13(11(7-10)14(18)19)17-12-4-2-1-3-9(12)8-16-17/h1-8H,(H,18,19). The number of rotatable bonds is 2. The molecule has 3 rings (SSSR count). The van der Waals surface area contributed by atoms with Crippen LogP contribution in [0, 0.1) is 5.82 Å². The van der Waals surface area contributed by atoms with Crippen molar-refractivity contribution in [3.05, 3.63) is 60.0 Å². The first-order valence-electron chi connectivity index (χ1n) is 5.63. The highest BCUT2D eigenvalue weighted by Crippen LogP contribution is 2.21. The number of aromatic nitrogens is 2. The van der Waals surface area contributed by atoms with Crippen LogP contribution in [0.4, 0.5) is 4.39 Å². The molecule has 1 aromatic heterocycles. The number of halogens is 1. The molecule has 2 aromatic carbocycles. The SMILES string of the molecule is O=C(O)c1cc(F)ccc1-n1ncc2ccccc21. The number of benzene rings is 2. The molecule has 3 aromatic rings. The molecule has 0 amide bonds. The van der Waals surface area contributed by atoms with Gasteiger partial charge in [0.1, 0.15) is 5.82 Å². The molecule has 0 aliphatic heterocycles. The first-order valence-corrected chi connectivity index (χ1v) is 5.63. The molecule has 0 saturated heterocycles. The fourth-order valence-corrected chi connectivity index (χ4v) is 2.03. The largest absolute Gasteiger partial charge is 0.478 e. The first-order chi connectivity index (χ1) is 9.16. The summed E-state index contributed by atoms with van der Waals surface area (Å²) in [5.41, 5.74) is 1.00. The van der Waals surface area contributed by atoms with E-state index in [4.69, 9.17) is 5.11 Å². The Hall–Kier alpha value is -2.69. The van der Waals surface area contributed by atoms with Crippen LogP contribution in [0.25, 0.3) is 16.6 Å². The summed E-state index contributed by atoms with van der Waals surface area (Å²) in [6, 6.07) is 11.0. The summed E-state index contributed by atoms with van der Waals surface area (Å²) in [7, 11) is 0. The van der Waals surface area contributed by atoms with E-state index >= 15 is 0 Å². The van der Waals surface area contributed by atoms with Gasteiger partial charge in [0.25, 0.3) is 0 Å². The average molecular weight is 256 g/mol. The van der Waals surface area contributed by atoms with E-state index in [0.29, 0.717) is 5.69 Å². The zero-order valence-corrected chi connectivity index (χ0v) is 9.75. The van der Waals surface area contributed by atoms with Crippen molar-refractivity contribution >= 4 is 16.9 Å². The Morgan fingerprint density at radius 1 is 1.21 bits per heavy atom. The van der Waals surface area contributed by atoms with E-state index in [1.165, 1.54) is 16.8 Å². The molecule has 0 saturated carbocycles. The van der Waals surface area contributed by atoms with Gasteiger partial charge in [-0.25, -0.2) is 13.9 Å². The summed E-state index contributed by atoms with van der Waals surface area (Å²) < 4.78 is 14.7. The second kappa shape index (κ2) is 4.20. The van der Waals surface area contributed by atoms with Crippen molar-refractivity contribution in [3.63, 3.8) is 0 Å². The quantitative estimate of drug-likeness (QED) is 0.767. The molecule has 1 heterocycles. The number of hydrogen-bond acceptors (Lipinski definition) is 2. The highest BCUT2D eigenvalue weighted by molar-refractivity contribution is 5.93. The third-order valence-electron chi connectivity index (χ3n) is 2.89. The Labute approximate surface area is 107 Å². The van der Waals surface area contributed by atoms with Crippen molar-refractivity contribution in [3.8, 4) is 5.69 Å². The van der Waals surface area contributed by atoms with Crippen LogP contribution in [-0.2, 0) is 0 Å². The van der Waals surface area contributed by atoms with E-state index in [1.807, 2.05) is 24.3 Å². The molecular weight excluding hydrogens is 247 g/mol. The second-order valence-corrected chi connectivity index (χ2v) is 4.08. The van der Waals surface area contributed by atoms with E-state index in [0.717, 1.165) is 17.0 Å². The van der Waals surface area contributed by atoms with Crippen molar-refractivity contribution in [1.29, 1.82) is 0 Å². The van der Waals surface area contributed by atoms with Crippen molar-refractivity contribution in [2.24, 2.45) is 0 Å². The highest BCUT2D eigenvalue weighted by Gasteiger charge is 2.15. The minimum atomic E-state index is -1.19. The molecule has 0 aliphatic rings. The van der Waals surface area contributed by atoms with Crippen LogP contribution in [0.15, 0.2) is 48.7 Å². The Balaban J connectivity index is 2.30. The minimum Gasteiger partial charge on any atom is -0.478 e. The Morgan fingerprint density at radius 3 is 2.79 bits per heavy atom. The third kappa shape index (κ3) is 1.85. The number of carboxylic acid groups (broad SMARTS) is 1. The topological polar surface area (TPSA) is 55.1 Å². The lowest BCUT2D eigenvalue weighted by atomic mass is 10.1. The molecule has 0 bridgehead atoms. The molecule has 0 aliphatic carbocycles. The Morgan fingerprint density at radius 2 is 2.00 bits per heavy atom. The fourth-order valence-electron chi connectivity index (χ4n) is 2.03. The number of para-hydroxylation sites is 1. The fraction of sp³-hybridized carbons (Fsp3) is 0. The normalized spacial score (nSPS) is 10.8. The molecule has 94 valence electrons. The zero-order valence-electron chi connectivity index (χ0n) is 9.75. The number of fused-ring (bicyclic) bond motifs is 1. The van der Waals surface area contributed by atoms with E-state index in [-0.39, 0.29) is 5.56 Å². The summed E-state index contributed by atoms with van der Waals surface area (Å²) in [5.74, 6) is -1.77. The van der Waals surface area contributed by atoms with Crippen molar-refractivity contribution in [2.75, 3.05) is 0 Å². The van der Waals surface area contributed by atoms with Crippen molar-refractivity contribution in [1.82, 2.24) is 9.78 Å². The first kappa shape index (κ1) is 11.4. The number of nitrogens with zero attached hydrogens (tertiary/aromatic N) is 2. The smallest absolute Gasteiger partial charge is 0.338 e. The van der Waals surface area contributed by atoms with Crippen LogP contribution in [0.1, 0.15) is 10.4 Å². The van der Waals surface area contributed by atoms with Crippen LogP contribution in [0.2, 0.25) is 0 Å². The van der Waals surface area contributed by atoms with Gasteiger partial charge in [-0.05, 0) is 24.3 Å². The van der Waals surface area contributed by atoms with Crippen molar-refractivity contribution < 1.29 is 14.3 Å². The van der Waals surface area contributed by atoms with Gasteiger partial charge < -0.3 is 5.11 Å². The minimum absolute atomic E-state index is 0.117. The highest BCUT2D eigenvalue weighted by atomic mass is 19.1. The van der Waals surface area contributed by atoms with E-state index < -0.39 is 11.8 Å². The lowest BCUT2D eigenvalue weighted by molar-refractivity contribution is 0.0696. The zero-order chi connectivity index (χ0) is 13.4. The number of aromatic carboxylic acids is 1. The van der Waals surface area contributed by atoms with Gasteiger partial charge in [0.05, 0.1) is 23.0 Å². The predicted molar refractivity (Wildman–Crippen MR) is 68.0 cm³/mol. The molecule has 5 heteroatoms. The maximum Gasteiger partial charge on any atom is 0.338 e. The molecule has 0 radical (unpaired) electrons. The van der Waals surface area contributed by atoms with Crippen molar-refractivity contribution in [2.45, 2.75) is 0 Å². The van der Waals surface area contributed by atoms with Gasteiger partial charge in [0.15, 0.2) is 0 Å². The van der Waals surface area contributed by atoms with Gasteiger partial charge in [-0.2, -0.15) is 5.10 Å². The van der Waals surface area contributed by atoms with E-state index in [9.17, 15) is 9.18 Å². The molecule has 0 spiro atoms. The van der Waals surface area contributed by atoms with Gasteiger partial charge in [-0.3, -0.25) is 0 Å². The maximum absolute atomic E-state index is 13.2. The third-order valence-corrected chi connectivity index (χ3v) is 2.89. The maximum atomic E-state index is 13.2. The Bertz CT molecular complexity index is 780. The van der Waals surface area contributed by atoms with Crippen LogP contribution >= 0.6 is 0 Å². The molecule has 1 N–H and O–H groups in total. The molecule has 0 atom stereocenters. The van der Waals surface area contributed by atoms with Gasteiger partial charge in [-0.1, -0.05) is 18.2 Å². The molecule has 0 unspecified atom stereocenters. The van der Waals surface area contributed by atoms with Crippen LogP contribution < -0.4 is 0 Å². The molecular formula is C14H9FN2O2. The molecule has 4 nitrogen and oxygen atoms in total. The number of carboxylic acids is 1. The Kier molecular flexibility index (Phi) is 2.52. The monoisotopic (exact) mass is 256 g/mol. The lowest BCUT2D eigenvalue weighted by Crippen LogP contribution is -2.07. The molecule has 0 fully saturated rings.